The Morgan fingerprint density at radius 1 is 1.10 bits per heavy atom. The number of aliphatic hydroxyl groups is 2. The fourth-order valence-corrected chi connectivity index (χ4v) is 9.78. The summed E-state index contributed by atoms with van der Waals surface area (Å²) in [4.78, 5) is 24.1. The molecule has 0 aromatic carbocycles. The van der Waals surface area contributed by atoms with Gasteiger partial charge >= 0.3 is 5.97 Å². The average molecular weight is 573 g/mol. The van der Waals surface area contributed by atoms with Gasteiger partial charge in [0.05, 0.1) is 24.5 Å². The summed E-state index contributed by atoms with van der Waals surface area (Å²) < 4.78 is 36.2. The highest BCUT2D eigenvalue weighted by atomic mass is 32.2. The molecule has 0 heterocycles. The number of rotatable bonds is 9. The Kier molecular flexibility index (Phi) is 9.08. The van der Waals surface area contributed by atoms with Crippen LogP contribution in [0.4, 0.5) is 0 Å². The predicted octanol–water partition coefficient (Wildman–Crippen LogP) is 1.88. The highest BCUT2D eigenvalue weighted by molar-refractivity contribution is 7.85. The molecule has 0 aromatic heterocycles. The number of aliphatic hydroxyl groups excluding tert-OH is 2. The van der Waals surface area contributed by atoms with Gasteiger partial charge in [-0.3, -0.25) is 14.1 Å². The highest BCUT2D eigenvalue weighted by Gasteiger charge is 2.65. The summed E-state index contributed by atoms with van der Waals surface area (Å²) in [6, 6.07) is 0. The van der Waals surface area contributed by atoms with Crippen molar-refractivity contribution in [1.29, 1.82) is 0 Å². The second kappa shape index (κ2) is 11.5. The molecule has 4 aliphatic carbocycles. The van der Waals surface area contributed by atoms with E-state index >= 15 is 0 Å². The third-order valence-electron chi connectivity index (χ3n) is 11.5. The summed E-state index contributed by atoms with van der Waals surface area (Å²) in [7, 11) is -4.11. The van der Waals surface area contributed by atoms with Gasteiger partial charge in [0.15, 0.2) is 0 Å². The maximum absolute atomic E-state index is 12.3. The van der Waals surface area contributed by atoms with E-state index in [-0.39, 0.29) is 83.8 Å². The first-order chi connectivity index (χ1) is 18.2. The van der Waals surface area contributed by atoms with E-state index in [4.69, 9.17) is 15.0 Å². The molecule has 0 bridgehead atoms. The molecule has 0 aliphatic heterocycles. The summed E-state index contributed by atoms with van der Waals surface area (Å²) in [6.07, 6.45) is 5.37. The van der Waals surface area contributed by atoms with Gasteiger partial charge in [-0.1, -0.05) is 20.8 Å². The molecule has 4 aliphatic rings. The minimum atomic E-state index is -4.11. The molecule has 1 amide bonds. The first kappa shape index (κ1) is 30.7. The Bertz CT molecular complexity index is 1020. The molecule has 4 fully saturated rings. The third-order valence-corrected chi connectivity index (χ3v) is 12.2. The molecular formula is C28H48N2O8S. The maximum Gasteiger partial charge on any atom is 0.319 e. The van der Waals surface area contributed by atoms with Crippen molar-refractivity contribution >= 4 is 22.0 Å². The van der Waals surface area contributed by atoms with Crippen LogP contribution in [0.15, 0.2) is 0 Å². The Balaban J connectivity index is 1.42. The second-order valence-corrected chi connectivity index (χ2v) is 14.9. The van der Waals surface area contributed by atoms with Crippen molar-refractivity contribution in [3.05, 3.63) is 0 Å². The molecule has 39 heavy (non-hydrogen) atoms. The monoisotopic (exact) mass is 572 g/mol. The zero-order chi connectivity index (χ0) is 28.8. The summed E-state index contributed by atoms with van der Waals surface area (Å²) >= 11 is 0. The molecule has 0 aromatic rings. The van der Waals surface area contributed by atoms with Gasteiger partial charge in [0, 0.05) is 13.0 Å². The average Bonchev–Trinajstić information content (AvgIpc) is 3.21. The van der Waals surface area contributed by atoms with Crippen molar-refractivity contribution in [1.82, 2.24) is 5.32 Å². The van der Waals surface area contributed by atoms with Crippen LogP contribution in [0, 0.1) is 46.3 Å². The van der Waals surface area contributed by atoms with E-state index in [1.165, 1.54) is 0 Å². The lowest BCUT2D eigenvalue weighted by Crippen LogP contribution is -2.62. The Labute approximate surface area is 232 Å². The molecule has 11 heteroatoms. The van der Waals surface area contributed by atoms with Gasteiger partial charge in [-0.15, -0.1) is 0 Å². The normalized spacial score (nSPS) is 42.5. The van der Waals surface area contributed by atoms with E-state index in [1.54, 1.807) is 0 Å². The van der Waals surface area contributed by atoms with Crippen molar-refractivity contribution in [3.63, 3.8) is 0 Å². The smallest absolute Gasteiger partial charge is 0.319 e. The van der Waals surface area contributed by atoms with Crippen molar-refractivity contribution in [2.75, 3.05) is 18.8 Å². The van der Waals surface area contributed by atoms with Crippen LogP contribution in [-0.2, 0) is 24.4 Å². The van der Waals surface area contributed by atoms with Crippen molar-refractivity contribution in [2.45, 2.75) is 96.9 Å². The number of fused-ring (bicyclic) bond motifs is 5. The number of carbonyl (C=O) groups excluding carboxylic acids is 2. The summed E-state index contributed by atoms with van der Waals surface area (Å²) in [5.41, 5.74) is 5.07. The number of hydrogen-bond donors (Lipinski definition) is 5. The first-order valence-electron chi connectivity index (χ1n) is 14.7. The zero-order valence-corrected chi connectivity index (χ0v) is 24.4. The van der Waals surface area contributed by atoms with E-state index in [1.807, 2.05) is 0 Å². The molecule has 6 N–H and O–H groups in total. The highest BCUT2D eigenvalue weighted by Crippen LogP contribution is 2.68. The molecule has 4 saturated carbocycles. The predicted molar refractivity (Wildman–Crippen MR) is 145 cm³/mol. The van der Waals surface area contributed by atoms with Crippen LogP contribution in [0.25, 0.3) is 0 Å². The van der Waals surface area contributed by atoms with Gasteiger partial charge in [-0.05, 0) is 97.7 Å². The number of esters is 1. The van der Waals surface area contributed by atoms with E-state index in [0.29, 0.717) is 19.3 Å². The summed E-state index contributed by atoms with van der Waals surface area (Å²) in [6.45, 7) is 6.37. The quantitative estimate of drug-likeness (QED) is 0.204. The van der Waals surface area contributed by atoms with Crippen LogP contribution < -0.4 is 11.1 Å². The number of nitrogens with two attached hydrogens (primary N) is 1. The molecule has 11 atom stereocenters. The van der Waals surface area contributed by atoms with Crippen molar-refractivity contribution < 1.29 is 37.5 Å². The number of carbonyl (C=O) groups is 2. The van der Waals surface area contributed by atoms with E-state index in [9.17, 15) is 28.2 Å². The molecule has 1 unspecified atom stereocenters. The topological polar surface area (TPSA) is 176 Å². The third kappa shape index (κ3) is 6.03. The van der Waals surface area contributed by atoms with Crippen LogP contribution in [0.1, 0.15) is 78.6 Å². The molecule has 10 nitrogen and oxygen atoms in total. The maximum atomic E-state index is 12.3. The van der Waals surface area contributed by atoms with Crippen LogP contribution in [0.5, 0.6) is 0 Å². The zero-order valence-electron chi connectivity index (χ0n) is 23.5. The molecule has 0 spiro atoms. The lowest BCUT2D eigenvalue weighted by molar-refractivity contribution is -0.209. The standard InChI is InChI=1S/C28H48N2O8S/c1-16(4-7-24(33)30-10-11-39(35,36)37)19-5-6-20-26-21(14-23(32)28(19,20)3)27(2)9-8-18(38-25(34)15-29)12-17(27)13-22(26)31/h16-23,26,31-32H,4-15,29H2,1-3H3,(H,30,33)(H,35,36,37)/t16-,17?,18-,19-,20+,21+,22-,23+,26+,27+,28-/m1/s1. The number of ether oxygens (including phenoxy) is 1. The number of amides is 1. The SMILES string of the molecule is C[C@H](CCC(=O)NCCS(=O)(=O)O)[C@H]1CC[C@H]2[C@@H]3[C@H](O)CC4C[C@H](OC(=O)CN)CC[C@]4(C)[C@H]3C[C@H](O)[C@]12C. The number of nitrogens with one attached hydrogen (secondary N) is 1. The molecule has 0 radical (unpaired) electrons. The van der Waals surface area contributed by atoms with Gasteiger partial charge < -0.3 is 26.0 Å². The Hall–Kier alpha value is -1.27. The molecule has 4 rings (SSSR count). The summed E-state index contributed by atoms with van der Waals surface area (Å²) in [5, 5.41) is 25.8. The van der Waals surface area contributed by atoms with Crippen molar-refractivity contribution in [2.24, 2.45) is 52.1 Å². The lowest BCUT2D eigenvalue weighted by Gasteiger charge is -2.63. The van der Waals surface area contributed by atoms with Crippen LogP contribution >= 0.6 is 0 Å². The Morgan fingerprint density at radius 2 is 1.82 bits per heavy atom. The molecule has 224 valence electrons. The van der Waals surface area contributed by atoms with E-state index in [2.05, 4.69) is 26.1 Å². The fraction of sp³-hybridized carbons (Fsp3) is 0.929. The van der Waals surface area contributed by atoms with E-state index in [0.717, 1.165) is 32.1 Å². The van der Waals surface area contributed by atoms with Gasteiger partial charge in [-0.25, -0.2) is 0 Å². The first-order valence-corrected chi connectivity index (χ1v) is 16.3. The molecular weight excluding hydrogens is 524 g/mol. The minimum Gasteiger partial charge on any atom is -0.461 e. The summed E-state index contributed by atoms with van der Waals surface area (Å²) in [5.74, 6) is -0.00643. The van der Waals surface area contributed by atoms with Gasteiger partial charge in [0.25, 0.3) is 10.1 Å². The largest absolute Gasteiger partial charge is 0.461 e. The van der Waals surface area contributed by atoms with Gasteiger partial charge in [0.2, 0.25) is 5.91 Å². The van der Waals surface area contributed by atoms with Crippen LogP contribution in [0.2, 0.25) is 0 Å². The molecule has 0 saturated heterocycles. The van der Waals surface area contributed by atoms with Crippen LogP contribution in [-0.4, -0.2) is 72.2 Å². The fourth-order valence-electron chi connectivity index (χ4n) is 9.42. The number of hydrogen-bond acceptors (Lipinski definition) is 8. The second-order valence-electron chi connectivity index (χ2n) is 13.3. The Morgan fingerprint density at radius 3 is 2.49 bits per heavy atom. The van der Waals surface area contributed by atoms with Gasteiger partial charge in [-0.2, -0.15) is 8.42 Å². The van der Waals surface area contributed by atoms with Gasteiger partial charge in [0.1, 0.15) is 6.10 Å². The van der Waals surface area contributed by atoms with Crippen LogP contribution in [0.3, 0.4) is 0 Å². The minimum absolute atomic E-state index is 0.0261. The van der Waals surface area contributed by atoms with E-state index < -0.39 is 28.1 Å². The lowest BCUT2D eigenvalue weighted by atomic mass is 9.43. The van der Waals surface area contributed by atoms with Crippen molar-refractivity contribution in [3.8, 4) is 0 Å².